The number of hydrogen-bond donors (Lipinski definition) is 0. The van der Waals surface area contributed by atoms with E-state index in [-0.39, 0.29) is 6.10 Å². The molecule has 4 rings (SSSR count). The molecule has 1 aliphatic heterocycles. The van der Waals surface area contributed by atoms with Crippen molar-refractivity contribution < 1.29 is 9.53 Å². The van der Waals surface area contributed by atoms with Crippen molar-refractivity contribution in [3.63, 3.8) is 0 Å². The van der Waals surface area contributed by atoms with Crippen molar-refractivity contribution in [2.75, 3.05) is 18.0 Å². The van der Waals surface area contributed by atoms with Gasteiger partial charge in [0.2, 0.25) is 0 Å². The molecule has 1 aliphatic carbocycles. The fourth-order valence-electron chi connectivity index (χ4n) is 4.45. The first kappa shape index (κ1) is 19.6. The van der Waals surface area contributed by atoms with Crippen LogP contribution in [0.15, 0.2) is 24.3 Å². The number of esters is 1. The standard InChI is InChI=1S/C23H28N4O2/c1-16-8-7-13-27(15-16)22-21(25-19-11-5-6-12-20(19)26-22)18(14-24)23(28)29-17-9-3-2-4-10-17/h5-6,11-12,16-18H,2-4,7-10,13,15H2,1H3/t16-,18+/m1/s1. The van der Waals surface area contributed by atoms with Crippen LogP contribution in [0, 0.1) is 17.2 Å². The Bertz CT molecular complexity index is 917. The average Bonchev–Trinajstić information content (AvgIpc) is 2.74. The van der Waals surface area contributed by atoms with E-state index >= 15 is 0 Å². The number of piperidine rings is 1. The molecule has 2 fully saturated rings. The van der Waals surface area contributed by atoms with E-state index in [9.17, 15) is 10.1 Å². The summed E-state index contributed by atoms with van der Waals surface area (Å²) in [5.74, 6) is -0.349. The van der Waals surface area contributed by atoms with E-state index in [1.807, 2.05) is 24.3 Å². The third kappa shape index (κ3) is 4.34. The van der Waals surface area contributed by atoms with Crippen molar-refractivity contribution in [1.29, 1.82) is 5.26 Å². The van der Waals surface area contributed by atoms with E-state index < -0.39 is 11.9 Å². The zero-order chi connectivity index (χ0) is 20.2. The Morgan fingerprint density at radius 1 is 1.14 bits per heavy atom. The Morgan fingerprint density at radius 3 is 2.55 bits per heavy atom. The molecule has 2 heterocycles. The van der Waals surface area contributed by atoms with Gasteiger partial charge in [-0.2, -0.15) is 5.26 Å². The van der Waals surface area contributed by atoms with Crippen LogP contribution in [0.3, 0.4) is 0 Å². The molecule has 6 heteroatoms. The molecule has 0 amide bonds. The van der Waals surface area contributed by atoms with Gasteiger partial charge in [-0.1, -0.05) is 25.5 Å². The molecule has 1 saturated carbocycles. The molecular formula is C23H28N4O2. The maximum absolute atomic E-state index is 12.9. The Kier molecular flexibility index (Phi) is 5.94. The summed E-state index contributed by atoms with van der Waals surface area (Å²) in [6.07, 6.45) is 7.25. The summed E-state index contributed by atoms with van der Waals surface area (Å²) in [5.41, 5.74) is 1.91. The predicted octanol–water partition coefficient (Wildman–Crippen LogP) is 4.35. The van der Waals surface area contributed by atoms with Gasteiger partial charge in [-0.15, -0.1) is 0 Å². The number of anilines is 1. The van der Waals surface area contributed by atoms with Crippen LogP contribution in [0.2, 0.25) is 0 Å². The van der Waals surface area contributed by atoms with E-state index in [4.69, 9.17) is 14.7 Å². The summed E-state index contributed by atoms with van der Waals surface area (Å²) >= 11 is 0. The maximum Gasteiger partial charge on any atom is 0.329 e. The summed E-state index contributed by atoms with van der Waals surface area (Å²) in [6, 6.07) is 9.77. The van der Waals surface area contributed by atoms with Crippen molar-refractivity contribution in [3.8, 4) is 6.07 Å². The third-order valence-corrected chi connectivity index (χ3v) is 6.01. The molecule has 29 heavy (non-hydrogen) atoms. The van der Waals surface area contributed by atoms with Crippen LogP contribution in [-0.4, -0.2) is 35.1 Å². The molecule has 0 unspecified atom stereocenters. The van der Waals surface area contributed by atoms with Crippen molar-refractivity contribution in [2.45, 2.75) is 63.9 Å². The summed E-state index contributed by atoms with van der Waals surface area (Å²) in [7, 11) is 0. The lowest BCUT2D eigenvalue weighted by molar-refractivity contribution is -0.150. The highest BCUT2D eigenvalue weighted by molar-refractivity contribution is 5.85. The highest BCUT2D eigenvalue weighted by Crippen LogP contribution is 2.32. The van der Waals surface area contributed by atoms with Crippen molar-refractivity contribution in [2.24, 2.45) is 5.92 Å². The van der Waals surface area contributed by atoms with Gasteiger partial charge in [0.05, 0.1) is 17.1 Å². The number of nitriles is 1. The molecule has 0 radical (unpaired) electrons. The van der Waals surface area contributed by atoms with Crippen LogP contribution in [0.1, 0.15) is 63.5 Å². The number of carbonyl (C=O) groups excluding carboxylic acids is 1. The van der Waals surface area contributed by atoms with Crippen molar-refractivity contribution in [1.82, 2.24) is 9.97 Å². The number of hydrogen-bond acceptors (Lipinski definition) is 6. The Balaban J connectivity index is 1.70. The van der Waals surface area contributed by atoms with Gasteiger partial charge in [-0.25, -0.2) is 9.97 Å². The lowest BCUT2D eigenvalue weighted by atomic mass is 9.97. The van der Waals surface area contributed by atoms with Crippen LogP contribution in [-0.2, 0) is 9.53 Å². The number of nitrogens with zero attached hydrogens (tertiary/aromatic N) is 4. The van der Waals surface area contributed by atoms with Crippen LogP contribution in [0.5, 0.6) is 0 Å². The Hall–Kier alpha value is -2.68. The zero-order valence-electron chi connectivity index (χ0n) is 17.0. The molecule has 2 atom stereocenters. The van der Waals surface area contributed by atoms with Gasteiger partial charge in [-0.05, 0) is 56.6 Å². The van der Waals surface area contributed by atoms with E-state index in [0.717, 1.165) is 50.7 Å². The second-order valence-corrected chi connectivity index (χ2v) is 8.37. The van der Waals surface area contributed by atoms with Crippen molar-refractivity contribution >= 4 is 22.8 Å². The number of ether oxygens (including phenoxy) is 1. The van der Waals surface area contributed by atoms with E-state index in [1.165, 1.54) is 12.8 Å². The first-order valence-corrected chi connectivity index (χ1v) is 10.8. The molecule has 1 aromatic carbocycles. The molecule has 0 bridgehead atoms. The molecule has 2 aliphatic rings. The first-order valence-electron chi connectivity index (χ1n) is 10.8. The van der Waals surface area contributed by atoms with E-state index in [2.05, 4.69) is 17.9 Å². The number of fused-ring (bicyclic) bond motifs is 1. The molecule has 0 spiro atoms. The van der Waals surface area contributed by atoms with Gasteiger partial charge in [0.1, 0.15) is 11.8 Å². The fourth-order valence-corrected chi connectivity index (χ4v) is 4.45. The first-order chi connectivity index (χ1) is 14.2. The normalized spacial score (nSPS) is 21.5. The highest BCUT2D eigenvalue weighted by atomic mass is 16.5. The fraction of sp³-hybridized carbons (Fsp3) is 0.565. The van der Waals surface area contributed by atoms with Crippen LogP contribution < -0.4 is 4.90 Å². The summed E-state index contributed by atoms with van der Waals surface area (Å²) in [4.78, 5) is 24.7. The van der Waals surface area contributed by atoms with Crippen LogP contribution in [0.4, 0.5) is 5.82 Å². The van der Waals surface area contributed by atoms with Crippen LogP contribution >= 0.6 is 0 Å². The number of rotatable bonds is 4. The average molecular weight is 393 g/mol. The zero-order valence-corrected chi connectivity index (χ0v) is 17.0. The maximum atomic E-state index is 12.9. The number of benzene rings is 1. The molecule has 0 N–H and O–H groups in total. The van der Waals surface area contributed by atoms with Gasteiger partial charge in [0.25, 0.3) is 0 Å². The van der Waals surface area contributed by atoms with Gasteiger partial charge < -0.3 is 9.64 Å². The molecule has 6 nitrogen and oxygen atoms in total. The Morgan fingerprint density at radius 2 is 1.86 bits per heavy atom. The lowest BCUT2D eigenvalue weighted by Gasteiger charge is -2.33. The number of carbonyl (C=O) groups is 1. The summed E-state index contributed by atoms with van der Waals surface area (Å²) < 4.78 is 5.73. The molecular weight excluding hydrogens is 364 g/mol. The SMILES string of the molecule is C[C@@H]1CCCN(c2nc3ccccc3nc2[C@H](C#N)C(=O)OC2CCCCC2)C1. The minimum Gasteiger partial charge on any atom is -0.461 e. The largest absolute Gasteiger partial charge is 0.461 e. The number of para-hydroxylation sites is 2. The van der Waals surface area contributed by atoms with E-state index in [0.29, 0.717) is 22.9 Å². The topological polar surface area (TPSA) is 79.1 Å². The minimum absolute atomic E-state index is 0.0843. The third-order valence-electron chi connectivity index (χ3n) is 6.01. The second-order valence-electron chi connectivity index (χ2n) is 8.37. The summed E-state index contributed by atoms with van der Waals surface area (Å²) in [5, 5.41) is 9.89. The quantitative estimate of drug-likeness (QED) is 0.720. The predicted molar refractivity (Wildman–Crippen MR) is 111 cm³/mol. The molecule has 152 valence electrons. The second kappa shape index (κ2) is 8.77. The molecule has 1 saturated heterocycles. The van der Waals surface area contributed by atoms with Gasteiger partial charge in [0.15, 0.2) is 11.7 Å². The van der Waals surface area contributed by atoms with Crippen molar-refractivity contribution in [3.05, 3.63) is 30.0 Å². The van der Waals surface area contributed by atoms with Gasteiger partial charge in [0, 0.05) is 13.1 Å². The van der Waals surface area contributed by atoms with Gasteiger partial charge >= 0.3 is 5.97 Å². The number of aromatic nitrogens is 2. The smallest absolute Gasteiger partial charge is 0.329 e. The van der Waals surface area contributed by atoms with Gasteiger partial charge in [-0.3, -0.25) is 4.79 Å². The van der Waals surface area contributed by atoms with E-state index in [1.54, 1.807) is 0 Å². The molecule has 1 aromatic heterocycles. The monoisotopic (exact) mass is 392 g/mol. The Labute approximate surface area is 171 Å². The lowest BCUT2D eigenvalue weighted by Crippen LogP contribution is -2.36. The highest BCUT2D eigenvalue weighted by Gasteiger charge is 2.33. The van der Waals surface area contributed by atoms with Crippen LogP contribution in [0.25, 0.3) is 11.0 Å². The minimum atomic E-state index is -1.05. The summed E-state index contributed by atoms with van der Waals surface area (Å²) in [6.45, 7) is 3.94. The molecule has 2 aromatic rings.